The van der Waals surface area contributed by atoms with Gasteiger partial charge >= 0.3 is 0 Å². The number of nitrogens with zero attached hydrogens (tertiary/aromatic N) is 1. The molecular formula is C39H31N. The zero-order chi connectivity index (χ0) is 31.5. The summed E-state index contributed by atoms with van der Waals surface area (Å²) in [6.45, 7) is 4.59. The molecule has 1 heteroatoms. The van der Waals surface area contributed by atoms with E-state index in [-0.39, 0.29) is 35.1 Å². The molecule has 0 radical (unpaired) electrons. The summed E-state index contributed by atoms with van der Waals surface area (Å²) in [7, 11) is 0. The molecule has 192 valence electrons. The molecule has 1 aliphatic rings. The molecule has 6 aromatic rings. The molecule has 0 aromatic heterocycles. The summed E-state index contributed by atoms with van der Waals surface area (Å²) in [4.78, 5) is 2.15. The number of benzene rings is 6. The number of hydrogen-bond donors (Lipinski definition) is 0. The molecule has 1 aliphatic carbocycles. The minimum absolute atomic E-state index is 0.0622. The second-order valence-electron chi connectivity index (χ2n) is 10.7. The summed E-state index contributed by atoms with van der Waals surface area (Å²) in [5.74, 6) is 0. The molecule has 0 bridgehead atoms. The van der Waals surface area contributed by atoms with Gasteiger partial charge in [0.2, 0.25) is 0 Å². The molecule has 6 aromatic carbocycles. The highest BCUT2D eigenvalue weighted by molar-refractivity contribution is 5.84. The zero-order valence-corrected chi connectivity index (χ0v) is 22.5. The van der Waals surface area contributed by atoms with E-state index in [0.717, 1.165) is 22.6 Å². The fourth-order valence-electron chi connectivity index (χ4n) is 5.88. The summed E-state index contributed by atoms with van der Waals surface area (Å²) >= 11 is 0. The van der Waals surface area contributed by atoms with Crippen molar-refractivity contribution in [2.75, 3.05) is 4.90 Å². The van der Waals surface area contributed by atoms with Crippen LogP contribution in [0.15, 0.2) is 152 Å². The van der Waals surface area contributed by atoms with Gasteiger partial charge in [-0.2, -0.15) is 0 Å². The van der Waals surface area contributed by atoms with Crippen LogP contribution in [0, 0.1) is 0 Å². The highest BCUT2D eigenvalue weighted by atomic mass is 15.1. The zero-order valence-electron chi connectivity index (χ0n) is 27.5. The van der Waals surface area contributed by atoms with E-state index in [1.165, 1.54) is 27.8 Å². The smallest absolute Gasteiger partial charge is 0.0629 e. The first-order valence-corrected chi connectivity index (χ1v) is 13.5. The summed E-state index contributed by atoms with van der Waals surface area (Å²) in [6.07, 6.45) is 0. The predicted molar refractivity (Wildman–Crippen MR) is 170 cm³/mol. The van der Waals surface area contributed by atoms with Crippen LogP contribution in [0.2, 0.25) is 0 Å². The van der Waals surface area contributed by atoms with Gasteiger partial charge in [-0.1, -0.05) is 123 Å². The topological polar surface area (TPSA) is 3.24 Å². The van der Waals surface area contributed by atoms with E-state index in [9.17, 15) is 0 Å². The Morgan fingerprint density at radius 1 is 0.475 bits per heavy atom. The molecule has 0 spiro atoms. The lowest BCUT2D eigenvalue weighted by Gasteiger charge is -2.26. The van der Waals surface area contributed by atoms with Crippen molar-refractivity contribution in [3.05, 3.63) is 163 Å². The Morgan fingerprint density at radius 2 is 1.00 bits per heavy atom. The summed E-state index contributed by atoms with van der Waals surface area (Å²) in [5.41, 5.74) is 11.2. The van der Waals surface area contributed by atoms with Gasteiger partial charge in [-0.05, 0) is 87.0 Å². The van der Waals surface area contributed by atoms with Crippen molar-refractivity contribution < 1.29 is 6.85 Å². The molecule has 0 unspecified atom stereocenters. The maximum atomic E-state index is 8.38. The molecule has 40 heavy (non-hydrogen) atoms. The summed E-state index contributed by atoms with van der Waals surface area (Å²) < 4.78 is 40.8. The highest BCUT2D eigenvalue weighted by Crippen LogP contribution is 2.49. The molecule has 7 rings (SSSR count). The first-order valence-electron chi connectivity index (χ1n) is 16.0. The van der Waals surface area contributed by atoms with Crippen LogP contribution in [-0.2, 0) is 5.41 Å². The molecule has 1 nitrogen and oxygen atoms in total. The average Bonchev–Trinajstić information content (AvgIpc) is 3.30. The molecule has 0 saturated carbocycles. The fourth-order valence-corrected chi connectivity index (χ4v) is 5.88. The summed E-state index contributed by atoms with van der Waals surface area (Å²) in [5, 5.41) is 0. The first-order chi connectivity index (χ1) is 21.7. The molecule has 0 amide bonds. The quantitative estimate of drug-likeness (QED) is 0.219. The van der Waals surface area contributed by atoms with Gasteiger partial charge < -0.3 is 4.90 Å². The van der Waals surface area contributed by atoms with Gasteiger partial charge in [0.1, 0.15) is 0 Å². The van der Waals surface area contributed by atoms with E-state index in [1.54, 1.807) is 0 Å². The van der Waals surface area contributed by atoms with Crippen LogP contribution >= 0.6 is 0 Å². The highest BCUT2D eigenvalue weighted by Gasteiger charge is 2.35. The SMILES string of the molecule is [2H]c1c([2H])c([2H])c(-c2ccc(N(c3ccccc3)c3ccc(-c4ccc5c(c4)C(C)(C)c4ccccc4-5)cc3)cc2)c([2H])c1[2H]. The van der Waals surface area contributed by atoms with Crippen LogP contribution in [-0.4, -0.2) is 0 Å². The van der Waals surface area contributed by atoms with Gasteiger partial charge in [0.25, 0.3) is 0 Å². The maximum Gasteiger partial charge on any atom is 0.0629 e. The van der Waals surface area contributed by atoms with Crippen molar-refractivity contribution >= 4 is 17.1 Å². The monoisotopic (exact) mass is 518 g/mol. The van der Waals surface area contributed by atoms with Crippen LogP contribution in [0.25, 0.3) is 33.4 Å². The van der Waals surface area contributed by atoms with Crippen molar-refractivity contribution in [2.24, 2.45) is 0 Å². The Balaban J connectivity index is 1.25. The van der Waals surface area contributed by atoms with E-state index in [2.05, 4.69) is 97.6 Å². The minimum Gasteiger partial charge on any atom is -0.311 e. The lowest BCUT2D eigenvalue weighted by atomic mass is 9.81. The van der Waals surface area contributed by atoms with Crippen molar-refractivity contribution in [3.63, 3.8) is 0 Å². The molecule has 0 N–H and O–H groups in total. The third-order valence-electron chi connectivity index (χ3n) is 7.97. The van der Waals surface area contributed by atoms with Gasteiger partial charge in [0, 0.05) is 22.5 Å². The predicted octanol–water partition coefficient (Wildman–Crippen LogP) is 10.8. The number of para-hydroxylation sites is 1. The number of rotatable bonds is 5. The van der Waals surface area contributed by atoms with Gasteiger partial charge in [0.05, 0.1) is 6.85 Å². The van der Waals surface area contributed by atoms with Crippen LogP contribution < -0.4 is 4.90 Å². The van der Waals surface area contributed by atoms with E-state index < -0.39 is 6.04 Å². The number of anilines is 3. The first kappa shape index (κ1) is 19.2. The fraction of sp³-hybridized carbons (Fsp3) is 0.0769. The molecule has 0 heterocycles. The Kier molecular flexibility index (Phi) is 4.66. The van der Waals surface area contributed by atoms with Crippen molar-refractivity contribution in [2.45, 2.75) is 19.3 Å². The molecular weight excluding hydrogens is 482 g/mol. The van der Waals surface area contributed by atoms with Gasteiger partial charge in [0.15, 0.2) is 0 Å². The van der Waals surface area contributed by atoms with Gasteiger partial charge in [-0.15, -0.1) is 0 Å². The lowest BCUT2D eigenvalue weighted by molar-refractivity contribution is 0.660. The second kappa shape index (κ2) is 9.70. The van der Waals surface area contributed by atoms with E-state index in [1.807, 2.05) is 42.5 Å². The lowest BCUT2D eigenvalue weighted by Crippen LogP contribution is -2.14. The van der Waals surface area contributed by atoms with Crippen LogP contribution in [0.3, 0.4) is 0 Å². The molecule has 0 atom stereocenters. The molecule has 0 saturated heterocycles. The summed E-state index contributed by atoms with van der Waals surface area (Å²) in [6, 6.07) is 40.1. The number of fused-ring (bicyclic) bond motifs is 3. The van der Waals surface area contributed by atoms with E-state index in [0.29, 0.717) is 5.56 Å². The third kappa shape index (κ3) is 4.12. The largest absolute Gasteiger partial charge is 0.311 e. The third-order valence-corrected chi connectivity index (χ3v) is 7.97. The van der Waals surface area contributed by atoms with Crippen molar-refractivity contribution in [1.82, 2.24) is 0 Å². The average molecular weight is 519 g/mol. The van der Waals surface area contributed by atoms with Crippen molar-refractivity contribution in [3.8, 4) is 33.4 Å². The molecule has 0 aliphatic heterocycles. The van der Waals surface area contributed by atoms with Crippen LogP contribution in [0.1, 0.15) is 31.8 Å². The normalized spacial score (nSPS) is 14.7. The minimum atomic E-state index is -0.391. The standard InChI is InChI=1S/C39H31N/c1-39(2)37-16-10-9-15-35(37)36-26-21-31(27-38(36)39)30-19-24-34(25-20-30)40(32-13-7-4-8-14-32)33-22-17-29(18-23-33)28-11-5-3-6-12-28/h3-27H,1-2H3/i3D,5D,6D,11D,12D. The van der Waals surface area contributed by atoms with Crippen LogP contribution in [0.5, 0.6) is 0 Å². The Labute approximate surface area is 244 Å². The van der Waals surface area contributed by atoms with Gasteiger partial charge in [-0.25, -0.2) is 0 Å². The van der Waals surface area contributed by atoms with Gasteiger partial charge in [-0.3, -0.25) is 0 Å². The Bertz CT molecular complexity index is 2040. The van der Waals surface area contributed by atoms with E-state index in [4.69, 9.17) is 6.85 Å². The molecule has 0 fully saturated rings. The Hall–Kier alpha value is -4.88. The van der Waals surface area contributed by atoms with E-state index >= 15 is 0 Å². The van der Waals surface area contributed by atoms with Crippen molar-refractivity contribution in [1.29, 1.82) is 0 Å². The number of hydrogen-bond acceptors (Lipinski definition) is 1. The second-order valence-corrected chi connectivity index (χ2v) is 10.7. The van der Waals surface area contributed by atoms with Crippen LogP contribution in [0.4, 0.5) is 17.1 Å². The Morgan fingerprint density at radius 3 is 1.68 bits per heavy atom. The maximum absolute atomic E-state index is 8.38.